The lowest BCUT2D eigenvalue weighted by Gasteiger charge is -2.17. The molecular formula is C15H13NO5S. The molecule has 4 rings (SSSR count). The number of carbonyl (C=O) groups excluding carboxylic acids is 2. The third-order valence-corrected chi connectivity index (χ3v) is 5.73. The number of fused-ring (bicyclic) bond motifs is 5. The van der Waals surface area contributed by atoms with Gasteiger partial charge in [-0.3, -0.25) is 19.0 Å². The smallest absolute Gasteiger partial charge is 0.282 e. The van der Waals surface area contributed by atoms with E-state index in [2.05, 4.69) is 0 Å². The summed E-state index contributed by atoms with van der Waals surface area (Å²) in [6.45, 7) is 0. The van der Waals surface area contributed by atoms with E-state index in [-0.39, 0.29) is 40.4 Å². The van der Waals surface area contributed by atoms with Crippen molar-refractivity contribution in [1.82, 2.24) is 0 Å². The van der Waals surface area contributed by atoms with Gasteiger partial charge in [0.15, 0.2) is 0 Å². The summed E-state index contributed by atoms with van der Waals surface area (Å²) in [5.74, 6) is -0.743. The average molecular weight is 319 g/mol. The van der Waals surface area contributed by atoms with Crippen LogP contribution >= 0.6 is 0 Å². The number of hydrogen-bond acceptors (Lipinski definition) is 4. The molecule has 0 spiro atoms. The number of imide groups is 1. The first-order chi connectivity index (χ1) is 10.4. The molecular weight excluding hydrogens is 306 g/mol. The van der Waals surface area contributed by atoms with Gasteiger partial charge < -0.3 is 0 Å². The van der Waals surface area contributed by atoms with E-state index in [0.29, 0.717) is 5.69 Å². The molecule has 7 heteroatoms. The molecule has 2 aliphatic carbocycles. The molecule has 2 bridgehead atoms. The van der Waals surface area contributed by atoms with Crippen LogP contribution in [0.3, 0.4) is 0 Å². The Morgan fingerprint density at radius 2 is 1.45 bits per heavy atom. The molecule has 2 amide bonds. The first-order valence-electron chi connectivity index (χ1n) is 7.01. The van der Waals surface area contributed by atoms with Crippen molar-refractivity contribution in [3.8, 4) is 0 Å². The van der Waals surface area contributed by atoms with Crippen molar-refractivity contribution in [2.24, 2.45) is 23.7 Å². The summed E-state index contributed by atoms with van der Waals surface area (Å²) < 4.78 is 31.1. The van der Waals surface area contributed by atoms with Gasteiger partial charge in [-0.1, -0.05) is 12.2 Å². The van der Waals surface area contributed by atoms with Crippen LogP contribution in [0.5, 0.6) is 0 Å². The SMILES string of the molecule is O=C1[C@@H]2[C@H](C(=O)N1c1ccc(S(=O)(=O)O)cc1)[C@@H]1C=C[C@H]2C1. The van der Waals surface area contributed by atoms with Crippen molar-refractivity contribution in [2.75, 3.05) is 4.90 Å². The lowest BCUT2D eigenvalue weighted by molar-refractivity contribution is -0.123. The highest BCUT2D eigenvalue weighted by Crippen LogP contribution is 2.53. The number of nitrogens with zero attached hydrogens (tertiary/aromatic N) is 1. The summed E-state index contributed by atoms with van der Waals surface area (Å²) in [7, 11) is -4.29. The highest BCUT2D eigenvalue weighted by molar-refractivity contribution is 7.85. The molecule has 6 nitrogen and oxygen atoms in total. The van der Waals surface area contributed by atoms with Crippen LogP contribution in [0.1, 0.15) is 6.42 Å². The minimum Gasteiger partial charge on any atom is -0.282 e. The van der Waals surface area contributed by atoms with Crippen molar-refractivity contribution >= 4 is 27.6 Å². The molecule has 1 aromatic carbocycles. The highest BCUT2D eigenvalue weighted by Gasteiger charge is 2.59. The molecule has 1 aliphatic heterocycles. The van der Waals surface area contributed by atoms with Crippen LogP contribution in [0.4, 0.5) is 5.69 Å². The third-order valence-electron chi connectivity index (χ3n) is 4.86. The number of allylic oxidation sites excluding steroid dienone is 2. The van der Waals surface area contributed by atoms with Gasteiger partial charge in [-0.05, 0) is 42.5 Å². The van der Waals surface area contributed by atoms with Gasteiger partial charge in [0.1, 0.15) is 0 Å². The van der Waals surface area contributed by atoms with Crippen molar-refractivity contribution in [3.63, 3.8) is 0 Å². The van der Waals surface area contributed by atoms with Crippen molar-refractivity contribution < 1.29 is 22.6 Å². The lowest BCUT2D eigenvalue weighted by atomic mass is 9.85. The maximum Gasteiger partial charge on any atom is 0.294 e. The third kappa shape index (κ3) is 1.72. The molecule has 1 N–H and O–H groups in total. The Labute approximate surface area is 127 Å². The van der Waals surface area contributed by atoms with E-state index in [1.807, 2.05) is 12.2 Å². The van der Waals surface area contributed by atoms with E-state index in [9.17, 15) is 18.0 Å². The van der Waals surface area contributed by atoms with Crippen molar-refractivity contribution in [2.45, 2.75) is 11.3 Å². The largest absolute Gasteiger partial charge is 0.294 e. The lowest BCUT2D eigenvalue weighted by Crippen LogP contribution is -2.32. The second-order valence-corrected chi connectivity index (χ2v) is 7.40. The maximum atomic E-state index is 12.6. The number of amides is 2. The molecule has 3 aliphatic rings. The van der Waals surface area contributed by atoms with Gasteiger partial charge >= 0.3 is 0 Å². The fraction of sp³-hybridized carbons (Fsp3) is 0.333. The maximum absolute atomic E-state index is 12.6. The predicted molar refractivity (Wildman–Crippen MR) is 76.5 cm³/mol. The van der Waals surface area contributed by atoms with Gasteiger partial charge in [0.2, 0.25) is 11.8 Å². The Balaban J connectivity index is 1.70. The summed E-state index contributed by atoms with van der Waals surface area (Å²) in [6, 6.07) is 5.11. The molecule has 2 fully saturated rings. The normalized spacial score (nSPS) is 32.9. The highest BCUT2D eigenvalue weighted by atomic mass is 32.2. The molecule has 1 aromatic rings. The molecule has 4 atom stereocenters. The molecule has 1 heterocycles. The zero-order chi connectivity index (χ0) is 15.6. The van der Waals surface area contributed by atoms with Crippen LogP contribution in [-0.4, -0.2) is 24.8 Å². The predicted octanol–water partition coefficient (Wildman–Crippen LogP) is 1.24. The fourth-order valence-electron chi connectivity index (χ4n) is 3.92. The molecule has 1 saturated heterocycles. The van der Waals surface area contributed by atoms with Gasteiger partial charge in [0.25, 0.3) is 10.1 Å². The number of carbonyl (C=O) groups is 2. The van der Waals surface area contributed by atoms with E-state index in [0.717, 1.165) is 11.3 Å². The topological polar surface area (TPSA) is 91.8 Å². The van der Waals surface area contributed by atoms with Crippen molar-refractivity contribution in [3.05, 3.63) is 36.4 Å². The number of anilines is 1. The first kappa shape index (κ1) is 13.7. The Kier molecular flexibility index (Phi) is 2.65. The fourth-order valence-corrected chi connectivity index (χ4v) is 4.40. The first-order valence-corrected chi connectivity index (χ1v) is 8.45. The zero-order valence-electron chi connectivity index (χ0n) is 11.4. The monoisotopic (exact) mass is 319 g/mol. The van der Waals surface area contributed by atoms with Crippen LogP contribution in [0, 0.1) is 23.7 Å². The standard InChI is InChI=1S/C15H13NO5S/c17-14-12-8-1-2-9(7-8)13(12)15(18)16(14)10-3-5-11(6-4-10)22(19,20)21/h1-6,8-9,12-13H,7H2,(H,19,20,21)/t8-,9+,12-,13+. The summed E-state index contributed by atoms with van der Waals surface area (Å²) >= 11 is 0. The molecule has 0 aromatic heterocycles. The van der Waals surface area contributed by atoms with Crippen LogP contribution < -0.4 is 4.90 Å². The van der Waals surface area contributed by atoms with Crippen LogP contribution in [-0.2, 0) is 19.7 Å². The Bertz CT molecular complexity index is 781. The molecule has 0 radical (unpaired) electrons. The van der Waals surface area contributed by atoms with E-state index < -0.39 is 10.1 Å². The van der Waals surface area contributed by atoms with Gasteiger partial charge in [-0.2, -0.15) is 8.42 Å². The average Bonchev–Trinajstić information content (AvgIpc) is 3.12. The second-order valence-electron chi connectivity index (χ2n) is 5.98. The number of rotatable bonds is 2. The van der Waals surface area contributed by atoms with Gasteiger partial charge in [0, 0.05) is 0 Å². The molecule has 1 saturated carbocycles. The van der Waals surface area contributed by atoms with E-state index in [4.69, 9.17) is 4.55 Å². The number of benzene rings is 1. The zero-order valence-corrected chi connectivity index (χ0v) is 12.2. The van der Waals surface area contributed by atoms with Gasteiger partial charge in [-0.25, -0.2) is 0 Å². The van der Waals surface area contributed by atoms with Gasteiger partial charge in [0.05, 0.1) is 22.4 Å². The molecule has 0 unspecified atom stereocenters. The quantitative estimate of drug-likeness (QED) is 0.503. The summed E-state index contributed by atoms with van der Waals surface area (Å²) in [5, 5.41) is 0. The molecule has 114 valence electrons. The van der Waals surface area contributed by atoms with Crippen molar-refractivity contribution in [1.29, 1.82) is 0 Å². The summed E-state index contributed by atoms with van der Waals surface area (Å²) in [4.78, 5) is 26.0. The summed E-state index contributed by atoms with van der Waals surface area (Å²) in [6.07, 6.45) is 4.90. The van der Waals surface area contributed by atoms with E-state index in [1.165, 1.54) is 24.3 Å². The van der Waals surface area contributed by atoms with Gasteiger partial charge in [-0.15, -0.1) is 0 Å². The number of hydrogen-bond donors (Lipinski definition) is 1. The van der Waals surface area contributed by atoms with E-state index in [1.54, 1.807) is 0 Å². The van der Waals surface area contributed by atoms with E-state index >= 15 is 0 Å². The Morgan fingerprint density at radius 1 is 0.955 bits per heavy atom. The van der Waals surface area contributed by atoms with Crippen LogP contribution in [0.25, 0.3) is 0 Å². The Hall–Kier alpha value is -1.99. The minimum absolute atomic E-state index is 0.133. The van der Waals surface area contributed by atoms with Crippen LogP contribution in [0.15, 0.2) is 41.3 Å². The second kappa shape index (κ2) is 4.27. The molecule has 22 heavy (non-hydrogen) atoms. The van der Waals surface area contributed by atoms with Crippen LogP contribution in [0.2, 0.25) is 0 Å². The minimum atomic E-state index is -4.29. The Morgan fingerprint density at radius 3 is 1.91 bits per heavy atom. The summed E-state index contributed by atoms with van der Waals surface area (Å²) in [5.41, 5.74) is 0.344.